The van der Waals surface area contributed by atoms with Crippen molar-refractivity contribution in [1.29, 1.82) is 0 Å². The van der Waals surface area contributed by atoms with Crippen LogP contribution in [0.1, 0.15) is 19.8 Å². The molecule has 1 aromatic carbocycles. The number of rotatable bonds is 5. The van der Waals surface area contributed by atoms with Crippen molar-refractivity contribution in [2.45, 2.75) is 25.8 Å². The van der Waals surface area contributed by atoms with Crippen LogP contribution >= 0.6 is 0 Å². The first kappa shape index (κ1) is 19.8. The van der Waals surface area contributed by atoms with Crippen molar-refractivity contribution in [3.8, 4) is 11.5 Å². The Kier molecular flexibility index (Phi) is 5.35. The standard InChI is InChI=1S/C19H25N3O6/c1-19(17(24)25)5-7-21(11-19)18(26)20-15-4-6-22(16(15)23)12-8-13(27-2)10-14(9-12)28-3/h8-10,15H,4-7,11H2,1-3H3,(H,20,26)(H,24,25). The molecule has 2 saturated heterocycles. The van der Waals surface area contributed by atoms with Gasteiger partial charge in [-0.15, -0.1) is 0 Å². The van der Waals surface area contributed by atoms with Crippen molar-refractivity contribution in [1.82, 2.24) is 10.2 Å². The number of carbonyl (C=O) groups excluding carboxylic acids is 2. The first-order chi connectivity index (χ1) is 13.3. The van der Waals surface area contributed by atoms with Crippen LogP contribution in [0.25, 0.3) is 0 Å². The molecule has 28 heavy (non-hydrogen) atoms. The SMILES string of the molecule is COc1cc(OC)cc(N2CCC(NC(=O)N3CCC(C)(C(=O)O)C3)C2=O)c1. The van der Waals surface area contributed by atoms with Gasteiger partial charge in [0.25, 0.3) is 0 Å². The van der Waals surface area contributed by atoms with Crippen LogP contribution in [0.15, 0.2) is 18.2 Å². The zero-order valence-electron chi connectivity index (χ0n) is 16.2. The summed E-state index contributed by atoms with van der Waals surface area (Å²) in [5.41, 5.74) is -0.308. The summed E-state index contributed by atoms with van der Waals surface area (Å²) >= 11 is 0. The fraction of sp³-hybridized carbons (Fsp3) is 0.526. The largest absolute Gasteiger partial charge is 0.497 e. The predicted molar refractivity (Wildman–Crippen MR) is 101 cm³/mol. The average molecular weight is 391 g/mol. The number of anilines is 1. The third kappa shape index (κ3) is 3.69. The van der Waals surface area contributed by atoms with Gasteiger partial charge in [-0.25, -0.2) is 4.79 Å². The van der Waals surface area contributed by atoms with E-state index in [1.165, 1.54) is 19.1 Å². The smallest absolute Gasteiger partial charge is 0.318 e. The van der Waals surface area contributed by atoms with Crippen molar-refractivity contribution in [2.24, 2.45) is 5.41 Å². The summed E-state index contributed by atoms with van der Waals surface area (Å²) in [6.45, 7) is 2.56. The van der Waals surface area contributed by atoms with Gasteiger partial charge in [0.05, 0.1) is 25.3 Å². The maximum absolute atomic E-state index is 12.8. The summed E-state index contributed by atoms with van der Waals surface area (Å²) in [6, 6.07) is 4.14. The van der Waals surface area contributed by atoms with Crippen LogP contribution < -0.4 is 19.7 Å². The molecule has 2 aliphatic heterocycles. The van der Waals surface area contributed by atoms with Gasteiger partial charge in [-0.1, -0.05) is 0 Å². The number of aliphatic carboxylic acids is 1. The van der Waals surface area contributed by atoms with Crippen molar-refractivity contribution in [3.63, 3.8) is 0 Å². The molecule has 0 aromatic heterocycles. The van der Waals surface area contributed by atoms with Gasteiger partial charge >= 0.3 is 12.0 Å². The van der Waals surface area contributed by atoms with Crippen LogP contribution in [0, 0.1) is 5.41 Å². The Morgan fingerprint density at radius 1 is 1.18 bits per heavy atom. The second-order valence-corrected chi connectivity index (χ2v) is 7.39. The molecule has 0 spiro atoms. The summed E-state index contributed by atoms with van der Waals surface area (Å²) in [5.74, 6) is 0.000978. The number of nitrogens with zero attached hydrogens (tertiary/aromatic N) is 2. The first-order valence-electron chi connectivity index (χ1n) is 9.10. The molecule has 9 nitrogen and oxygen atoms in total. The van der Waals surface area contributed by atoms with Gasteiger partial charge in [-0.05, 0) is 19.8 Å². The summed E-state index contributed by atoms with van der Waals surface area (Å²) in [5, 5.41) is 12.0. The number of ether oxygens (including phenoxy) is 2. The minimum absolute atomic E-state index is 0.131. The van der Waals surface area contributed by atoms with E-state index >= 15 is 0 Å². The molecule has 0 aliphatic carbocycles. The Morgan fingerprint density at radius 2 is 1.82 bits per heavy atom. The van der Waals surface area contributed by atoms with Gasteiger partial charge in [0.15, 0.2) is 0 Å². The minimum atomic E-state index is -0.944. The highest BCUT2D eigenvalue weighted by molar-refractivity contribution is 6.01. The van der Waals surface area contributed by atoms with Crippen molar-refractivity contribution in [3.05, 3.63) is 18.2 Å². The number of hydrogen-bond donors (Lipinski definition) is 2. The average Bonchev–Trinajstić information content (AvgIpc) is 3.26. The lowest BCUT2D eigenvalue weighted by Crippen LogP contribution is -2.48. The van der Waals surface area contributed by atoms with E-state index in [9.17, 15) is 19.5 Å². The van der Waals surface area contributed by atoms with Crippen LogP contribution in [-0.2, 0) is 9.59 Å². The number of nitrogens with one attached hydrogen (secondary N) is 1. The second kappa shape index (κ2) is 7.57. The number of carboxylic acids is 1. The molecular weight excluding hydrogens is 366 g/mol. The number of amides is 3. The minimum Gasteiger partial charge on any atom is -0.497 e. The van der Waals surface area contributed by atoms with Gasteiger partial charge in [0, 0.05) is 37.8 Å². The zero-order chi connectivity index (χ0) is 20.5. The topological polar surface area (TPSA) is 108 Å². The fourth-order valence-electron chi connectivity index (χ4n) is 3.57. The molecule has 0 saturated carbocycles. The van der Waals surface area contributed by atoms with Crippen molar-refractivity contribution >= 4 is 23.6 Å². The molecule has 2 fully saturated rings. The predicted octanol–water partition coefficient (Wildman–Crippen LogP) is 1.32. The molecule has 9 heteroatoms. The molecule has 3 rings (SSSR count). The highest BCUT2D eigenvalue weighted by Crippen LogP contribution is 2.32. The van der Waals surface area contributed by atoms with Crippen LogP contribution in [0.4, 0.5) is 10.5 Å². The molecule has 2 atom stereocenters. The summed E-state index contributed by atoms with van der Waals surface area (Å²) in [7, 11) is 3.07. The maximum Gasteiger partial charge on any atom is 0.318 e. The molecule has 0 radical (unpaired) electrons. The van der Waals surface area contributed by atoms with E-state index in [-0.39, 0.29) is 12.5 Å². The molecule has 2 aliphatic rings. The number of likely N-dealkylation sites (tertiary alicyclic amines) is 1. The Labute approximate surface area is 163 Å². The van der Waals surface area contributed by atoms with Gasteiger partial charge < -0.3 is 29.7 Å². The Hall–Kier alpha value is -2.97. The lowest BCUT2D eigenvalue weighted by molar-refractivity contribution is -0.147. The normalized spacial score (nSPS) is 24.4. The fourth-order valence-corrected chi connectivity index (χ4v) is 3.57. The molecule has 2 N–H and O–H groups in total. The monoisotopic (exact) mass is 391 g/mol. The van der Waals surface area contributed by atoms with Gasteiger partial charge in [0.1, 0.15) is 17.5 Å². The Balaban J connectivity index is 1.66. The van der Waals surface area contributed by atoms with E-state index in [1.807, 2.05) is 0 Å². The van der Waals surface area contributed by atoms with Crippen LogP contribution in [0.5, 0.6) is 11.5 Å². The number of carboxylic acid groups (broad SMARTS) is 1. The highest BCUT2D eigenvalue weighted by atomic mass is 16.5. The van der Waals surface area contributed by atoms with Crippen LogP contribution in [0.2, 0.25) is 0 Å². The molecule has 2 unspecified atom stereocenters. The third-order valence-corrected chi connectivity index (χ3v) is 5.43. The van der Waals surface area contributed by atoms with Crippen LogP contribution in [-0.4, -0.2) is 67.8 Å². The van der Waals surface area contributed by atoms with Crippen molar-refractivity contribution < 1.29 is 29.0 Å². The molecule has 2 heterocycles. The van der Waals surface area contributed by atoms with Gasteiger partial charge in [0.2, 0.25) is 5.91 Å². The first-order valence-corrected chi connectivity index (χ1v) is 9.10. The third-order valence-electron chi connectivity index (χ3n) is 5.43. The van der Waals surface area contributed by atoms with E-state index in [2.05, 4.69) is 5.32 Å². The number of hydrogen-bond acceptors (Lipinski definition) is 5. The molecule has 3 amide bonds. The van der Waals surface area contributed by atoms with E-state index in [0.717, 1.165) is 0 Å². The van der Waals surface area contributed by atoms with Gasteiger partial charge in [-0.3, -0.25) is 9.59 Å². The number of benzene rings is 1. The van der Waals surface area contributed by atoms with Gasteiger partial charge in [-0.2, -0.15) is 0 Å². The lowest BCUT2D eigenvalue weighted by atomic mass is 9.90. The molecule has 152 valence electrons. The zero-order valence-corrected chi connectivity index (χ0v) is 16.2. The number of carbonyl (C=O) groups is 3. The lowest BCUT2D eigenvalue weighted by Gasteiger charge is -2.23. The summed E-state index contributed by atoms with van der Waals surface area (Å²) < 4.78 is 10.5. The highest BCUT2D eigenvalue weighted by Gasteiger charge is 2.43. The van der Waals surface area contributed by atoms with Crippen LogP contribution in [0.3, 0.4) is 0 Å². The maximum atomic E-state index is 12.8. The Morgan fingerprint density at radius 3 is 2.36 bits per heavy atom. The molecular formula is C19H25N3O6. The summed E-state index contributed by atoms with van der Waals surface area (Å²) in [4.78, 5) is 39.7. The molecule has 1 aromatic rings. The van der Waals surface area contributed by atoms with E-state index in [0.29, 0.717) is 43.1 Å². The summed E-state index contributed by atoms with van der Waals surface area (Å²) in [6.07, 6.45) is 0.859. The van der Waals surface area contributed by atoms with Crippen molar-refractivity contribution in [2.75, 3.05) is 38.8 Å². The second-order valence-electron chi connectivity index (χ2n) is 7.39. The van der Waals surface area contributed by atoms with E-state index < -0.39 is 23.5 Å². The van der Waals surface area contributed by atoms with E-state index in [1.54, 1.807) is 30.0 Å². The van der Waals surface area contributed by atoms with E-state index in [4.69, 9.17) is 9.47 Å². The number of methoxy groups -OCH3 is 2. The molecule has 0 bridgehead atoms. The Bertz CT molecular complexity index is 776. The quantitative estimate of drug-likeness (QED) is 0.784. The number of urea groups is 1.